The molecule has 2 aromatic carbocycles. The van der Waals surface area contributed by atoms with Crippen LogP contribution < -0.4 is 24.4 Å². The van der Waals surface area contributed by atoms with E-state index in [1.165, 1.54) is 32.2 Å². The lowest BCUT2D eigenvalue weighted by atomic mass is 10.2. The van der Waals surface area contributed by atoms with Gasteiger partial charge in [0.2, 0.25) is 0 Å². The molecule has 1 N–H and O–H groups in total. The van der Waals surface area contributed by atoms with Crippen LogP contribution in [0.4, 0.5) is 0 Å². The maximum absolute atomic E-state index is 12.6. The van der Waals surface area contributed by atoms with Crippen LogP contribution in [0.2, 0.25) is 0 Å². The Balaban J connectivity index is 1.51. The van der Waals surface area contributed by atoms with E-state index in [2.05, 4.69) is 25.7 Å². The Kier molecular flexibility index (Phi) is 9.35. The van der Waals surface area contributed by atoms with Gasteiger partial charge in [0.05, 0.1) is 45.5 Å². The second-order valence-corrected chi connectivity index (χ2v) is 8.78. The molecule has 0 spiro atoms. The molecule has 0 aliphatic heterocycles. The third-order valence-electron chi connectivity index (χ3n) is 5.43. The van der Waals surface area contributed by atoms with Crippen LogP contribution >= 0.6 is 11.8 Å². The van der Waals surface area contributed by atoms with Crippen molar-refractivity contribution >= 4 is 23.9 Å². The molecular weight excluding hydrogens is 520 g/mol. The van der Waals surface area contributed by atoms with Gasteiger partial charge < -0.3 is 18.9 Å². The summed E-state index contributed by atoms with van der Waals surface area (Å²) in [5.74, 6) is 2.64. The van der Waals surface area contributed by atoms with Crippen molar-refractivity contribution < 1.29 is 23.7 Å². The summed E-state index contributed by atoms with van der Waals surface area (Å²) in [7, 11) is 4.61. The summed E-state index contributed by atoms with van der Waals surface area (Å²) in [5.41, 5.74) is 4.71. The van der Waals surface area contributed by atoms with Crippen LogP contribution in [-0.4, -0.2) is 65.6 Å². The molecule has 0 aliphatic rings. The second-order valence-electron chi connectivity index (χ2n) is 7.84. The number of pyridine rings is 1. The Morgan fingerprint density at radius 1 is 1.03 bits per heavy atom. The van der Waals surface area contributed by atoms with E-state index in [4.69, 9.17) is 18.9 Å². The van der Waals surface area contributed by atoms with E-state index < -0.39 is 0 Å². The number of benzene rings is 2. The topological polar surface area (TPSA) is 122 Å². The molecule has 39 heavy (non-hydrogen) atoms. The highest BCUT2D eigenvalue weighted by atomic mass is 32.2. The maximum atomic E-state index is 12.6. The molecule has 11 nitrogen and oxygen atoms in total. The quantitative estimate of drug-likeness (QED) is 0.159. The van der Waals surface area contributed by atoms with Gasteiger partial charge in [0.15, 0.2) is 11.0 Å². The summed E-state index contributed by atoms with van der Waals surface area (Å²) in [6.07, 6.45) is 4.87. The third-order valence-corrected chi connectivity index (χ3v) is 6.36. The van der Waals surface area contributed by atoms with E-state index in [0.717, 1.165) is 17.0 Å². The molecule has 12 heteroatoms. The summed E-state index contributed by atoms with van der Waals surface area (Å²) in [5, 5.41) is 13.3. The SMILES string of the molecule is CCOc1ccc(-n2c(SCC(=O)N/N=C\c3c(OC)cc(OC)cc3OC)nnc2-c2cccnc2)cc1. The van der Waals surface area contributed by atoms with E-state index in [1.807, 2.05) is 47.9 Å². The largest absolute Gasteiger partial charge is 0.496 e. The zero-order chi connectivity index (χ0) is 27.6. The van der Waals surface area contributed by atoms with Crippen molar-refractivity contribution in [1.82, 2.24) is 25.2 Å². The predicted octanol–water partition coefficient (Wildman–Crippen LogP) is 4.00. The maximum Gasteiger partial charge on any atom is 0.250 e. The van der Waals surface area contributed by atoms with Gasteiger partial charge in [-0.15, -0.1) is 10.2 Å². The first kappa shape index (κ1) is 27.5. The van der Waals surface area contributed by atoms with Crippen molar-refractivity contribution in [3.05, 3.63) is 66.5 Å². The third kappa shape index (κ3) is 6.65. The number of methoxy groups -OCH3 is 3. The van der Waals surface area contributed by atoms with Gasteiger partial charge in [-0.1, -0.05) is 11.8 Å². The molecule has 202 valence electrons. The van der Waals surface area contributed by atoms with Crippen LogP contribution in [0.3, 0.4) is 0 Å². The molecule has 0 unspecified atom stereocenters. The molecule has 0 aliphatic carbocycles. The van der Waals surface area contributed by atoms with Gasteiger partial charge in [0.25, 0.3) is 5.91 Å². The molecule has 1 amide bonds. The minimum Gasteiger partial charge on any atom is -0.496 e. The van der Waals surface area contributed by atoms with E-state index in [0.29, 0.717) is 40.4 Å². The molecule has 2 heterocycles. The fourth-order valence-electron chi connectivity index (χ4n) is 3.63. The Morgan fingerprint density at radius 3 is 2.38 bits per heavy atom. The number of hydrazone groups is 1. The van der Waals surface area contributed by atoms with Crippen LogP contribution in [0.15, 0.2) is 71.2 Å². The normalized spacial score (nSPS) is 10.9. The molecule has 0 radical (unpaired) electrons. The number of hydrogen-bond donors (Lipinski definition) is 1. The van der Waals surface area contributed by atoms with Gasteiger partial charge in [0, 0.05) is 35.8 Å². The second kappa shape index (κ2) is 13.3. The lowest BCUT2D eigenvalue weighted by Gasteiger charge is -2.12. The number of aromatic nitrogens is 4. The lowest BCUT2D eigenvalue weighted by Crippen LogP contribution is -2.20. The number of hydrogen-bond acceptors (Lipinski definition) is 10. The van der Waals surface area contributed by atoms with Crippen molar-refractivity contribution in [2.24, 2.45) is 5.10 Å². The molecule has 0 saturated heterocycles. The molecule has 0 bridgehead atoms. The number of amides is 1. The number of thioether (sulfide) groups is 1. The van der Waals surface area contributed by atoms with Gasteiger partial charge in [0.1, 0.15) is 23.0 Å². The van der Waals surface area contributed by atoms with E-state index >= 15 is 0 Å². The molecular formula is C27H28N6O5S. The zero-order valence-corrected chi connectivity index (χ0v) is 22.8. The van der Waals surface area contributed by atoms with Crippen LogP contribution in [0.1, 0.15) is 12.5 Å². The van der Waals surface area contributed by atoms with E-state index in [1.54, 1.807) is 31.6 Å². The standard InChI is InChI=1S/C27H28N6O5S/c1-5-38-20-10-8-19(9-11-20)33-26(18-7-6-12-28-15-18)31-32-27(33)39-17-25(34)30-29-16-22-23(36-3)13-21(35-2)14-24(22)37-4/h6-16H,5,17H2,1-4H3,(H,30,34)/b29-16-. The van der Waals surface area contributed by atoms with Crippen LogP contribution in [0, 0.1) is 0 Å². The summed E-state index contributed by atoms with van der Waals surface area (Å²) in [6.45, 7) is 2.51. The number of nitrogens with zero attached hydrogens (tertiary/aromatic N) is 5. The van der Waals surface area contributed by atoms with Crippen molar-refractivity contribution in [2.75, 3.05) is 33.7 Å². The first-order valence-electron chi connectivity index (χ1n) is 11.9. The smallest absolute Gasteiger partial charge is 0.250 e. The minimum absolute atomic E-state index is 0.0520. The average Bonchev–Trinajstić information content (AvgIpc) is 3.41. The first-order valence-corrected chi connectivity index (χ1v) is 12.9. The van der Waals surface area contributed by atoms with Gasteiger partial charge in [-0.05, 0) is 43.3 Å². The zero-order valence-electron chi connectivity index (χ0n) is 22.0. The average molecular weight is 549 g/mol. The summed E-state index contributed by atoms with van der Waals surface area (Å²) in [4.78, 5) is 16.8. The summed E-state index contributed by atoms with van der Waals surface area (Å²) >= 11 is 1.23. The number of carbonyl (C=O) groups is 1. The molecule has 0 atom stereocenters. The lowest BCUT2D eigenvalue weighted by molar-refractivity contribution is -0.118. The van der Waals surface area contributed by atoms with Gasteiger partial charge in [-0.25, -0.2) is 5.43 Å². The number of carbonyl (C=O) groups excluding carboxylic acids is 1. The highest BCUT2D eigenvalue weighted by Crippen LogP contribution is 2.33. The minimum atomic E-state index is -0.327. The van der Waals surface area contributed by atoms with Crippen LogP contribution in [0.25, 0.3) is 17.1 Å². The van der Waals surface area contributed by atoms with Crippen LogP contribution in [0.5, 0.6) is 23.0 Å². The molecule has 4 rings (SSSR count). The highest BCUT2D eigenvalue weighted by Gasteiger charge is 2.18. The Morgan fingerprint density at radius 2 is 1.77 bits per heavy atom. The Bertz CT molecular complexity index is 1400. The Hall–Kier alpha value is -4.58. The number of nitrogens with one attached hydrogen (secondary N) is 1. The van der Waals surface area contributed by atoms with E-state index in [9.17, 15) is 4.79 Å². The van der Waals surface area contributed by atoms with E-state index in [-0.39, 0.29) is 11.7 Å². The van der Waals surface area contributed by atoms with Crippen molar-refractivity contribution in [1.29, 1.82) is 0 Å². The van der Waals surface area contributed by atoms with Crippen molar-refractivity contribution in [3.8, 4) is 40.1 Å². The number of ether oxygens (including phenoxy) is 4. The first-order chi connectivity index (χ1) is 19.1. The summed E-state index contributed by atoms with van der Waals surface area (Å²) in [6, 6.07) is 14.7. The fraction of sp³-hybridized carbons (Fsp3) is 0.222. The summed E-state index contributed by atoms with van der Waals surface area (Å²) < 4.78 is 23.5. The number of rotatable bonds is 12. The molecule has 4 aromatic rings. The fourth-order valence-corrected chi connectivity index (χ4v) is 4.37. The van der Waals surface area contributed by atoms with Gasteiger partial charge in [-0.3, -0.25) is 14.3 Å². The van der Waals surface area contributed by atoms with Crippen molar-refractivity contribution in [2.45, 2.75) is 12.1 Å². The Labute approximate surface area is 230 Å². The highest BCUT2D eigenvalue weighted by molar-refractivity contribution is 7.99. The predicted molar refractivity (Wildman–Crippen MR) is 148 cm³/mol. The molecule has 2 aromatic heterocycles. The molecule has 0 saturated carbocycles. The van der Waals surface area contributed by atoms with Gasteiger partial charge >= 0.3 is 0 Å². The monoisotopic (exact) mass is 548 g/mol. The van der Waals surface area contributed by atoms with Crippen molar-refractivity contribution in [3.63, 3.8) is 0 Å². The van der Waals surface area contributed by atoms with Crippen LogP contribution in [-0.2, 0) is 4.79 Å². The molecule has 0 fully saturated rings. The van der Waals surface area contributed by atoms with Gasteiger partial charge in [-0.2, -0.15) is 5.10 Å².